The minimum absolute atomic E-state index is 0.921. The van der Waals surface area contributed by atoms with Crippen LogP contribution in [0.25, 0.3) is 263 Å². The Labute approximate surface area is 727 Å². The van der Waals surface area contributed by atoms with E-state index in [0.717, 1.165) is 71.4 Å². The molecule has 0 aliphatic carbocycles. The maximum atomic E-state index is 6.47. The van der Waals surface area contributed by atoms with E-state index in [1.807, 2.05) is 30.3 Å². The van der Waals surface area contributed by atoms with Crippen molar-refractivity contribution < 1.29 is 13.3 Å². The van der Waals surface area contributed by atoms with Crippen LogP contribution in [0.15, 0.2) is 432 Å². The molecule has 588 valence electrons. The number of benzene rings is 24. The lowest BCUT2D eigenvalue weighted by molar-refractivity contribution is 0.668. The zero-order chi connectivity index (χ0) is 83.4. The van der Waals surface area contributed by atoms with Gasteiger partial charge < -0.3 is 13.3 Å². The highest BCUT2D eigenvalue weighted by molar-refractivity contribution is 6.31. The molecule has 0 bridgehead atoms. The third kappa shape index (κ3) is 11.9. The van der Waals surface area contributed by atoms with Gasteiger partial charge in [0.2, 0.25) is 0 Å². The Hall–Kier alpha value is -16.2. The van der Waals surface area contributed by atoms with Crippen molar-refractivity contribution in [2.75, 3.05) is 0 Å². The molecule has 0 saturated carbocycles. The lowest BCUT2D eigenvalue weighted by atomic mass is 9.85. The number of furan rings is 3. The fraction of sp³-hybridized carbons (Fsp3) is 0.0244. The predicted octanol–water partition coefficient (Wildman–Crippen LogP) is 35.4. The van der Waals surface area contributed by atoms with Gasteiger partial charge in [0.1, 0.15) is 33.5 Å². The van der Waals surface area contributed by atoms with Gasteiger partial charge >= 0.3 is 0 Å². The molecule has 3 aromatic heterocycles. The van der Waals surface area contributed by atoms with Crippen LogP contribution in [0.1, 0.15) is 16.7 Å². The second-order valence-electron chi connectivity index (χ2n) is 34.1. The van der Waals surface area contributed by atoms with E-state index in [2.05, 4.69) is 409 Å². The Morgan fingerprint density at radius 2 is 0.397 bits per heavy atom. The average Bonchev–Trinajstić information content (AvgIpc) is 1.63. The van der Waals surface area contributed by atoms with Gasteiger partial charge in [0.05, 0.1) is 0 Å². The molecule has 0 spiro atoms. The minimum atomic E-state index is 0.921. The predicted molar refractivity (Wildman–Crippen MR) is 535 cm³/mol. The number of hydrogen-bond donors (Lipinski definition) is 0. The zero-order valence-electron chi connectivity index (χ0n) is 69.6. The quantitative estimate of drug-likeness (QED) is 0.135. The molecular weight excluding hydrogens is 1530 g/mol. The van der Waals surface area contributed by atoms with Crippen molar-refractivity contribution in [2.24, 2.45) is 0 Å². The standard InChI is InChI=1S/3C41H26O/c1-25-13-15-26(16-14-25)29-21-17-27-20-24-35-32(22-18-28-19-23-34(29)39(27)40(28)35)30-7-2-3-8-31(30)36-10-6-11-37-33-9-4-5-12-38(33)42-41(36)37;1-25-9-11-26(12-10-25)32-18-13-27-16-21-36-33(19-14-28-15-20-35(32)40(27)41(28)36)31-6-4-5-29(23-31)30-17-22-39-37(24-30)34-7-2-3-8-38(34)42-39;1-25-6-8-27(9-7-25)32-19-14-29-17-22-36-33(20-15-30-16-21-35(32)40(29)41(30)36)28-12-10-26(11-13-28)31-18-23-39-37(24-31)34-4-2-3-5-38(34)42-39/h3*2-24H,1H3. The summed E-state index contributed by atoms with van der Waals surface area (Å²) in [5.41, 5.74) is 31.5. The molecule has 126 heavy (non-hydrogen) atoms. The second kappa shape index (κ2) is 29.0. The van der Waals surface area contributed by atoms with Crippen molar-refractivity contribution >= 4 is 163 Å². The fourth-order valence-corrected chi connectivity index (χ4v) is 20.5. The molecule has 3 heterocycles. The minimum Gasteiger partial charge on any atom is -0.456 e. The normalized spacial score (nSPS) is 11.9. The third-order valence-electron chi connectivity index (χ3n) is 26.8. The summed E-state index contributed by atoms with van der Waals surface area (Å²) in [6.45, 7) is 6.42. The summed E-state index contributed by atoms with van der Waals surface area (Å²) in [6.07, 6.45) is 0. The van der Waals surface area contributed by atoms with Crippen molar-refractivity contribution in [3.8, 4) is 100 Å². The fourth-order valence-electron chi connectivity index (χ4n) is 20.5. The van der Waals surface area contributed by atoms with Gasteiger partial charge in [-0.2, -0.15) is 0 Å². The molecule has 0 saturated heterocycles. The molecule has 0 fully saturated rings. The van der Waals surface area contributed by atoms with E-state index in [9.17, 15) is 0 Å². The molecule has 27 rings (SSSR count). The molecule has 0 aliphatic heterocycles. The van der Waals surface area contributed by atoms with Gasteiger partial charge in [0.15, 0.2) is 0 Å². The molecule has 0 N–H and O–H groups in total. The monoisotopic (exact) mass is 1600 g/mol. The number of fused-ring (bicyclic) bond motifs is 9. The lowest BCUT2D eigenvalue weighted by Gasteiger charge is -2.18. The molecule has 0 unspecified atom stereocenters. The van der Waals surface area contributed by atoms with Crippen LogP contribution in [0.4, 0.5) is 0 Å². The van der Waals surface area contributed by atoms with Crippen molar-refractivity contribution in [3.63, 3.8) is 0 Å². The highest BCUT2D eigenvalue weighted by atomic mass is 16.3. The van der Waals surface area contributed by atoms with Gasteiger partial charge in [0.25, 0.3) is 0 Å². The van der Waals surface area contributed by atoms with E-state index in [-0.39, 0.29) is 0 Å². The maximum absolute atomic E-state index is 6.47. The second-order valence-corrected chi connectivity index (χ2v) is 34.1. The van der Waals surface area contributed by atoms with E-state index < -0.39 is 0 Å². The highest BCUT2D eigenvalue weighted by Gasteiger charge is 2.23. The molecule has 3 nitrogen and oxygen atoms in total. The SMILES string of the molecule is Cc1ccc(-c2ccc3ccc4c(-c5ccc(-c6ccc7oc8ccccc8c7c6)cc5)ccc5ccc2c3c54)cc1.Cc1ccc(-c2ccc3ccc4c(-c5cccc(-c6ccc7oc8ccccc8c7c6)c5)ccc5ccc2c3c54)cc1.Cc1ccc(-c2ccc3ccc4c(-c5ccccc5-c5cccc6c5oc5ccccc56)ccc5ccc2c3c54)cc1. The van der Waals surface area contributed by atoms with E-state index in [1.54, 1.807) is 0 Å². The van der Waals surface area contributed by atoms with Crippen LogP contribution in [-0.2, 0) is 0 Å². The number of aryl methyl sites for hydroxylation is 3. The Morgan fingerprint density at radius 3 is 0.810 bits per heavy atom. The van der Waals surface area contributed by atoms with Gasteiger partial charge in [-0.3, -0.25) is 0 Å². The number of hydrogen-bond acceptors (Lipinski definition) is 3. The van der Waals surface area contributed by atoms with E-state index in [4.69, 9.17) is 13.3 Å². The van der Waals surface area contributed by atoms with Crippen molar-refractivity contribution in [3.05, 3.63) is 435 Å². The van der Waals surface area contributed by atoms with E-state index in [1.165, 1.54) is 208 Å². The summed E-state index contributed by atoms with van der Waals surface area (Å²) in [5, 5.41) is 30.4. The largest absolute Gasteiger partial charge is 0.456 e. The van der Waals surface area contributed by atoms with Crippen LogP contribution in [0, 0.1) is 20.8 Å². The van der Waals surface area contributed by atoms with Gasteiger partial charge in [-0.15, -0.1) is 0 Å². The molecule has 3 heteroatoms. The van der Waals surface area contributed by atoms with Crippen LogP contribution in [0.5, 0.6) is 0 Å². The maximum Gasteiger partial charge on any atom is 0.143 e. The van der Waals surface area contributed by atoms with Crippen LogP contribution in [-0.4, -0.2) is 0 Å². The molecular formula is C123H78O3. The molecule has 27 aromatic rings. The van der Waals surface area contributed by atoms with Crippen LogP contribution in [0.3, 0.4) is 0 Å². The van der Waals surface area contributed by atoms with Crippen LogP contribution >= 0.6 is 0 Å². The van der Waals surface area contributed by atoms with Crippen molar-refractivity contribution in [1.29, 1.82) is 0 Å². The van der Waals surface area contributed by atoms with Gasteiger partial charge in [-0.05, 0) is 261 Å². The van der Waals surface area contributed by atoms with E-state index in [0.29, 0.717) is 0 Å². The zero-order valence-corrected chi connectivity index (χ0v) is 69.6. The first-order chi connectivity index (χ1) is 62.2. The molecule has 0 aliphatic rings. The van der Waals surface area contributed by atoms with Crippen molar-refractivity contribution in [1.82, 2.24) is 0 Å². The molecule has 0 amide bonds. The first-order valence-corrected chi connectivity index (χ1v) is 43.5. The summed E-state index contributed by atoms with van der Waals surface area (Å²) in [5.74, 6) is 0. The Morgan fingerprint density at radius 1 is 0.135 bits per heavy atom. The molecule has 0 atom stereocenters. The first kappa shape index (κ1) is 72.6. The van der Waals surface area contributed by atoms with E-state index >= 15 is 0 Å². The Balaban J connectivity index is 0.000000103. The highest BCUT2D eigenvalue weighted by Crippen LogP contribution is 2.50. The summed E-state index contributed by atoms with van der Waals surface area (Å²) >= 11 is 0. The Kier molecular flexibility index (Phi) is 16.7. The topological polar surface area (TPSA) is 39.4 Å². The average molecular weight is 1600 g/mol. The molecule has 0 radical (unpaired) electrons. The summed E-state index contributed by atoms with van der Waals surface area (Å²) in [4.78, 5) is 0. The molecule has 24 aromatic carbocycles. The summed E-state index contributed by atoms with van der Waals surface area (Å²) in [7, 11) is 0. The third-order valence-corrected chi connectivity index (χ3v) is 26.8. The number of rotatable bonds is 9. The summed E-state index contributed by atoms with van der Waals surface area (Å²) in [6, 6.07) is 153. The lowest BCUT2D eigenvalue weighted by Crippen LogP contribution is -1.91. The summed E-state index contributed by atoms with van der Waals surface area (Å²) < 4.78 is 18.6. The van der Waals surface area contributed by atoms with Gasteiger partial charge in [-0.25, -0.2) is 0 Å². The number of para-hydroxylation sites is 4. The van der Waals surface area contributed by atoms with Gasteiger partial charge in [-0.1, -0.05) is 387 Å². The van der Waals surface area contributed by atoms with Crippen LogP contribution in [0.2, 0.25) is 0 Å². The van der Waals surface area contributed by atoms with Crippen LogP contribution < -0.4 is 0 Å². The van der Waals surface area contributed by atoms with Crippen molar-refractivity contribution in [2.45, 2.75) is 20.8 Å². The smallest absolute Gasteiger partial charge is 0.143 e. The van der Waals surface area contributed by atoms with Gasteiger partial charge in [0, 0.05) is 37.9 Å². The Bertz CT molecular complexity index is 9030. The first-order valence-electron chi connectivity index (χ1n) is 43.5.